The highest BCUT2D eigenvalue weighted by molar-refractivity contribution is 7.99. The van der Waals surface area contributed by atoms with E-state index in [1.807, 2.05) is 37.4 Å². The van der Waals surface area contributed by atoms with Crippen LogP contribution in [0.3, 0.4) is 0 Å². The van der Waals surface area contributed by atoms with E-state index in [-0.39, 0.29) is 6.09 Å². The first-order valence-corrected chi connectivity index (χ1v) is 7.85. The number of piperidine rings is 1. The number of ether oxygens (including phenoxy) is 1. The van der Waals surface area contributed by atoms with Gasteiger partial charge in [-0.15, -0.1) is 0 Å². The van der Waals surface area contributed by atoms with Gasteiger partial charge in [0.05, 0.1) is 0 Å². The van der Waals surface area contributed by atoms with Crippen molar-refractivity contribution in [1.29, 1.82) is 0 Å². The Balaban J connectivity index is 2.04. The summed E-state index contributed by atoms with van der Waals surface area (Å²) >= 11 is 1.93. The second-order valence-corrected chi connectivity index (χ2v) is 7.30. The van der Waals surface area contributed by atoms with Crippen molar-refractivity contribution in [2.75, 3.05) is 24.6 Å². The van der Waals surface area contributed by atoms with Crippen LogP contribution >= 0.6 is 11.8 Å². The lowest BCUT2D eigenvalue weighted by Crippen LogP contribution is -2.53. The molecule has 2 heterocycles. The molecule has 2 aliphatic heterocycles. The maximum Gasteiger partial charge on any atom is 0.410 e. The lowest BCUT2D eigenvalue weighted by Gasteiger charge is -2.41. The van der Waals surface area contributed by atoms with E-state index in [1.54, 1.807) is 0 Å². The summed E-state index contributed by atoms with van der Waals surface area (Å²) in [5, 5.41) is 0. The molecular weight excluding hydrogens is 248 g/mol. The zero-order valence-corrected chi connectivity index (χ0v) is 12.3. The molecule has 0 saturated carbocycles. The molecule has 0 aromatic heterocycles. The van der Waals surface area contributed by atoms with Gasteiger partial charge in [-0.25, -0.2) is 4.79 Å². The van der Waals surface area contributed by atoms with Gasteiger partial charge in [0.1, 0.15) is 5.60 Å². The smallest absolute Gasteiger partial charge is 0.410 e. The summed E-state index contributed by atoms with van der Waals surface area (Å²) in [6.45, 7) is 7.28. The summed E-state index contributed by atoms with van der Waals surface area (Å²) in [5.41, 5.74) is 5.42. The predicted molar refractivity (Wildman–Crippen MR) is 74.7 cm³/mol. The van der Waals surface area contributed by atoms with Crippen molar-refractivity contribution >= 4 is 17.9 Å². The predicted octanol–water partition coefficient (Wildman–Crippen LogP) is 1.93. The Kier molecular flexibility index (Phi) is 4.11. The highest BCUT2D eigenvalue weighted by Crippen LogP contribution is 2.38. The van der Waals surface area contributed by atoms with Crippen LogP contribution in [0.15, 0.2) is 0 Å². The van der Waals surface area contributed by atoms with E-state index in [0.29, 0.717) is 17.9 Å². The Labute approximate surface area is 114 Å². The van der Waals surface area contributed by atoms with Gasteiger partial charge >= 0.3 is 6.09 Å². The number of rotatable bonds is 1. The Morgan fingerprint density at radius 1 is 1.44 bits per heavy atom. The molecule has 3 atom stereocenters. The van der Waals surface area contributed by atoms with Gasteiger partial charge in [0.25, 0.3) is 0 Å². The van der Waals surface area contributed by atoms with Crippen LogP contribution in [-0.2, 0) is 4.74 Å². The van der Waals surface area contributed by atoms with E-state index in [4.69, 9.17) is 10.5 Å². The van der Waals surface area contributed by atoms with E-state index >= 15 is 0 Å². The zero-order valence-electron chi connectivity index (χ0n) is 11.5. The largest absolute Gasteiger partial charge is 0.444 e. The molecule has 4 nitrogen and oxygen atoms in total. The molecule has 0 aromatic carbocycles. The maximum atomic E-state index is 12.2. The minimum atomic E-state index is -0.414. The van der Waals surface area contributed by atoms with Crippen LogP contribution in [0, 0.1) is 11.8 Å². The van der Waals surface area contributed by atoms with Crippen molar-refractivity contribution in [1.82, 2.24) is 4.90 Å². The third kappa shape index (κ3) is 2.94. The van der Waals surface area contributed by atoms with Crippen molar-refractivity contribution in [3.8, 4) is 0 Å². The number of likely N-dealkylation sites (tertiary alicyclic amines) is 1. The minimum absolute atomic E-state index is 0.157. The molecular formula is C13H24N2O2S. The third-order valence-corrected chi connectivity index (χ3v) is 4.97. The van der Waals surface area contributed by atoms with Crippen molar-refractivity contribution in [3.05, 3.63) is 0 Å². The van der Waals surface area contributed by atoms with Gasteiger partial charge in [0.15, 0.2) is 0 Å². The molecule has 0 aromatic rings. The first-order chi connectivity index (χ1) is 8.42. The summed E-state index contributed by atoms with van der Waals surface area (Å²) in [6.07, 6.45) is 0.854. The molecule has 5 heteroatoms. The summed E-state index contributed by atoms with van der Waals surface area (Å²) < 4.78 is 5.50. The second kappa shape index (κ2) is 5.29. The Morgan fingerprint density at radius 2 is 2.17 bits per heavy atom. The number of amides is 1. The van der Waals surface area contributed by atoms with Crippen molar-refractivity contribution in [2.45, 2.75) is 38.8 Å². The normalized spacial score (nSPS) is 32.2. The van der Waals surface area contributed by atoms with E-state index < -0.39 is 5.60 Å². The number of hydrogen-bond donors (Lipinski definition) is 1. The monoisotopic (exact) mass is 272 g/mol. The number of thioether (sulfide) groups is 1. The van der Waals surface area contributed by atoms with Crippen LogP contribution in [0.4, 0.5) is 4.79 Å². The molecule has 2 saturated heterocycles. The van der Waals surface area contributed by atoms with Gasteiger partial charge in [-0.2, -0.15) is 11.8 Å². The molecule has 0 radical (unpaired) electrons. The lowest BCUT2D eigenvalue weighted by atomic mass is 9.82. The van der Waals surface area contributed by atoms with Crippen molar-refractivity contribution < 1.29 is 9.53 Å². The summed E-state index contributed by atoms with van der Waals surface area (Å²) in [4.78, 5) is 14.1. The third-order valence-electron chi connectivity index (χ3n) is 3.77. The topological polar surface area (TPSA) is 55.6 Å². The first kappa shape index (κ1) is 14.0. The second-order valence-electron chi connectivity index (χ2n) is 6.23. The van der Waals surface area contributed by atoms with Crippen LogP contribution in [0.2, 0.25) is 0 Å². The highest BCUT2D eigenvalue weighted by atomic mass is 32.2. The maximum absolute atomic E-state index is 12.2. The van der Waals surface area contributed by atoms with Crippen LogP contribution in [0.25, 0.3) is 0 Å². The van der Waals surface area contributed by atoms with E-state index in [9.17, 15) is 4.79 Å². The molecule has 1 amide bonds. The number of carbonyl (C=O) groups is 1. The SMILES string of the molecule is CC(C)(C)OC(=O)N1CCC(CN)C2CSCC21. The van der Waals surface area contributed by atoms with Gasteiger partial charge in [0.2, 0.25) is 0 Å². The Morgan fingerprint density at radius 3 is 2.78 bits per heavy atom. The number of hydrogen-bond acceptors (Lipinski definition) is 4. The van der Waals surface area contributed by atoms with Crippen molar-refractivity contribution in [2.24, 2.45) is 17.6 Å². The van der Waals surface area contributed by atoms with Gasteiger partial charge < -0.3 is 15.4 Å². The number of fused-ring (bicyclic) bond motifs is 1. The standard InChI is InChI=1S/C13H24N2O2S/c1-13(2,3)17-12(16)15-5-4-9(6-14)10-7-18-8-11(10)15/h9-11H,4-8,14H2,1-3H3. The van der Waals surface area contributed by atoms with E-state index in [1.165, 1.54) is 0 Å². The van der Waals surface area contributed by atoms with Gasteiger partial charge in [-0.05, 0) is 51.3 Å². The van der Waals surface area contributed by atoms with Crippen LogP contribution in [0.5, 0.6) is 0 Å². The molecule has 0 spiro atoms. The summed E-state index contributed by atoms with van der Waals surface area (Å²) in [6, 6.07) is 0.326. The minimum Gasteiger partial charge on any atom is -0.444 e. The van der Waals surface area contributed by atoms with Gasteiger partial charge in [-0.1, -0.05) is 0 Å². The van der Waals surface area contributed by atoms with Crippen LogP contribution in [0.1, 0.15) is 27.2 Å². The molecule has 2 N–H and O–H groups in total. The number of nitrogens with zero attached hydrogens (tertiary/aromatic N) is 1. The summed E-state index contributed by atoms with van der Waals surface area (Å²) in [7, 11) is 0. The fourth-order valence-corrected chi connectivity index (χ4v) is 4.43. The average molecular weight is 272 g/mol. The van der Waals surface area contributed by atoms with Gasteiger partial charge in [-0.3, -0.25) is 0 Å². The first-order valence-electron chi connectivity index (χ1n) is 6.70. The van der Waals surface area contributed by atoms with E-state index in [2.05, 4.69) is 0 Å². The fourth-order valence-electron chi connectivity index (χ4n) is 2.86. The Bertz CT molecular complexity index is 317. The molecule has 0 aliphatic carbocycles. The van der Waals surface area contributed by atoms with Gasteiger partial charge in [0, 0.05) is 18.3 Å². The van der Waals surface area contributed by atoms with Crippen LogP contribution < -0.4 is 5.73 Å². The van der Waals surface area contributed by atoms with E-state index in [0.717, 1.165) is 31.0 Å². The molecule has 2 fully saturated rings. The highest BCUT2D eigenvalue weighted by Gasteiger charge is 2.43. The molecule has 18 heavy (non-hydrogen) atoms. The molecule has 0 bridgehead atoms. The number of carbonyl (C=O) groups excluding carboxylic acids is 1. The zero-order chi connectivity index (χ0) is 13.3. The van der Waals surface area contributed by atoms with Crippen molar-refractivity contribution in [3.63, 3.8) is 0 Å². The number of nitrogens with two attached hydrogens (primary N) is 1. The average Bonchev–Trinajstić information content (AvgIpc) is 2.73. The Hall–Kier alpha value is -0.420. The fraction of sp³-hybridized carbons (Fsp3) is 0.923. The quantitative estimate of drug-likeness (QED) is 0.792. The lowest BCUT2D eigenvalue weighted by molar-refractivity contribution is -0.000767. The van der Waals surface area contributed by atoms with Crippen LogP contribution in [-0.4, -0.2) is 47.2 Å². The molecule has 2 rings (SSSR count). The molecule has 3 unspecified atom stereocenters. The molecule has 2 aliphatic rings. The summed E-state index contributed by atoms with van der Waals surface area (Å²) in [5.74, 6) is 3.29. The molecule has 104 valence electrons.